The number of hydrogen-bond donors (Lipinski definition) is 0. The molecule has 0 aliphatic rings. The quantitative estimate of drug-likeness (QED) is 0.230. The first-order valence-corrected chi connectivity index (χ1v) is 12.5. The van der Waals surface area contributed by atoms with Gasteiger partial charge in [-0.1, -0.05) is 111 Å². The number of allylic oxidation sites excluding steroid dienone is 4. The molecule has 0 heteroatoms. The molecule has 0 aliphatic carbocycles. The number of rotatable bonds is 16. The molecule has 0 saturated carbocycles. The second-order valence-corrected chi connectivity index (χ2v) is 10.0. The van der Waals surface area contributed by atoms with Gasteiger partial charge in [-0.15, -0.1) is 0 Å². The highest BCUT2D eigenvalue weighted by Gasteiger charge is 2.18. The summed E-state index contributed by atoms with van der Waals surface area (Å²) in [6.07, 6.45) is 19.3. The highest BCUT2D eigenvalue weighted by molar-refractivity contribution is 4.95. The Hall–Kier alpha value is -0.520. The van der Waals surface area contributed by atoms with Crippen LogP contribution in [0.1, 0.15) is 120 Å². The van der Waals surface area contributed by atoms with Crippen molar-refractivity contribution in [3.05, 3.63) is 23.8 Å². The molecule has 0 saturated heterocycles. The molecule has 0 N–H and O–H groups in total. The van der Waals surface area contributed by atoms with Crippen molar-refractivity contribution in [1.29, 1.82) is 0 Å². The van der Waals surface area contributed by atoms with Crippen LogP contribution in [0.2, 0.25) is 0 Å². The fourth-order valence-corrected chi connectivity index (χ4v) is 4.39. The molecular formula is C28H54. The van der Waals surface area contributed by atoms with Gasteiger partial charge in [-0.2, -0.15) is 0 Å². The average molecular weight is 391 g/mol. The van der Waals surface area contributed by atoms with Crippen molar-refractivity contribution in [3.8, 4) is 0 Å². The normalized spacial score (nSPS) is 18.5. The molecular weight excluding hydrogens is 336 g/mol. The van der Waals surface area contributed by atoms with Crippen LogP contribution in [-0.4, -0.2) is 0 Å². The minimum atomic E-state index is 0.792. The van der Waals surface area contributed by atoms with Crippen LogP contribution >= 0.6 is 0 Å². The lowest BCUT2D eigenvalue weighted by molar-refractivity contribution is 0.250. The highest BCUT2D eigenvalue weighted by atomic mass is 14.2. The Bertz CT molecular complexity index is 412. The van der Waals surface area contributed by atoms with Gasteiger partial charge in [0.15, 0.2) is 0 Å². The van der Waals surface area contributed by atoms with Crippen LogP contribution in [0.5, 0.6) is 0 Å². The molecule has 0 fully saturated rings. The Balaban J connectivity index is 4.25. The first kappa shape index (κ1) is 27.5. The fraction of sp³-hybridized carbons (Fsp3) is 0.857. The van der Waals surface area contributed by atoms with E-state index in [1.54, 1.807) is 0 Å². The van der Waals surface area contributed by atoms with E-state index < -0.39 is 0 Å². The molecule has 0 spiro atoms. The Morgan fingerprint density at radius 1 is 0.679 bits per heavy atom. The molecule has 6 atom stereocenters. The van der Waals surface area contributed by atoms with E-state index in [4.69, 9.17) is 0 Å². The second kappa shape index (κ2) is 16.3. The standard InChI is InChI=1S/C28H54/c1-10-23(6)26(9)24(7)16-15-18-27(11-2)17-13-14-19-28(12-3)25(8)21-20-22(4)5/h13-14,20,23-28H,10-12,15-19,21H2,1-9H3. The molecule has 0 aliphatic heterocycles. The van der Waals surface area contributed by atoms with Crippen molar-refractivity contribution in [2.75, 3.05) is 0 Å². The van der Waals surface area contributed by atoms with Crippen molar-refractivity contribution >= 4 is 0 Å². The lowest BCUT2D eigenvalue weighted by Crippen LogP contribution is -2.16. The first-order valence-electron chi connectivity index (χ1n) is 12.5. The van der Waals surface area contributed by atoms with Gasteiger partial charge in [0.2, 0.25) is 0 Å². The van der Waals surface area contributed by atoms with Crippen LogP contribution in [-0.2, 0) is 0 Å². The summed E-state index contributed by atoms with van der Waals surface area (Å²) in [5, 5.41) is 0. The zero-order chi connectivity index (χ0) is 21.5. The van der Waals surface area contributed by atoms with Crippen molar-refractivity contribution in [2.45, 2.75) is 120 Å². The summed E-state index contributed by atoms with van der Waals surface area (Å²) >= 11 is 0. The first-order chi connectivity index (χ1) is 13.3. The van der Waals surface area contributed by atoms with Crippen molar-refractivity contribution in [3.63, 3.8) is 0 Å². The smallest absolute Gasteiger partial charge is 0.0320 e. The molecule has 0 nitrogen and oxygen atoms in total. The maximum absolute atomic E-state index is 2.50. The summed E-state index contributed by atoms with van der Waals surface area (Å²) in [5.74, 6) is 5.10. The highest BCUT2D eigenvalue weighted by Crippen LogP contribution is 2.29. The van der Waals surface area contributed by atoms with Gasteiger partial charge in [0.1, 0.15) is 0 Å². The molecule has 166 valence electrons. The molecule has 0 aromatic carbocycles. The zero-order valence-corrected chi connectivity index (χ0v) is 21.1. The van der Waals surface area contributed by atoms with Crippen LogP contribution in [0.4, 0.5) is 0 Å². The molecule has 0 bridgehead atoms. The summed E-state index contributed by atoms with van der Waals surface area (Å²) < 4.78 is 0. The van der Waals surface area contributed by atoms with Crippen LogP contribution in [0.25, 0.3) is 0 Å². The van der Waals surface area contributed by atoms with Gasteiger partial charge >= 0.3 is 0 Å². The van der Waals surface area contributed by atoms with Gasteiger partial charge in [-0.25, -0.2) is 0 Å². The Morgan fingerprint density at radius 2 is 1.32 bits per heavy atom. The van der Waals surface area contributed by atoms with Gasteiger partial charge in [-0.3, -0.25) is 0 Å². The monoisotopic (exact) mass is 390 g/mol. The van der Waals surface area contributed by atoms with Gasteiger partial charge in [0.05, 0.1) is 0 Å². The Labute approximate surface area is 179 Å². The maximum Gasteiger partial charge on any atom is -0.0320 e. The van der Waals surface area contributed by atoms with Gasteiger partial charge < -0.3 is 0 Å². The van der Waals surface area contributed by atoms with Crippen LogP contribution in [0.15, 0.2) is 23.8 Å². The third kappa shape index (κ3) is 12.1. The molecule has 6 unspecified atom stereocenters. The molecule has 0 heterocycles. The van der Waals surface area contributed by atoms with E-state index in [0.717, 1.165) is 35.5 Å². The average Bonchev–Trinajstić information content (AvgIpc) is 2.69. The molecule has 0 rings (SSSR count). The Morgan fingerprint density at radius 3 is 1.86 bits per heavy atom. The van der Waals surface area contributed by atoms with E-state index in [9.17, 15) is 0 Å². The van der Waals surface area contributed by atoms with E-state index in [-0.39, 0.29) is 0 Å². The summed E-state index contributed by atoms with van der Waals surface area (Å²) in [6, 6.07) is 0. The minimum Gasteiger partial charge on any atom is -0.0883 e. The van der Waals surface area contributed by atoms with Gasteiger partial charge in [0.25, 0.3) is 0 Å². The maximum atomic E-state index is 2.50. The lowest BCUT2D eigenvalue weighted by atomic mass is 9.80. The molecule has 0 aromatic rings. The van der Waals surface area contributed by atoms with Crippen molar-refractivity contribution < 1.29 is 0 Å². The minimum absolute atomic E-state index is 0.792. The third-order valence-corrected chi connectivity index (χ3v) is 7.59. The second-order valence-electron chi connectivity index (χ2n) is 10.0. The molecule has 0 amide bonds. The van der Waals surface area contributed by atoms with Crippen molar-refractivity contribution in [1.82, 2.24) is 0 Å². The van der Waals surface area contributed by atoms with E-state index in [2.05, 4.69) is 80.5 Å². The molecule has 0 aromatic heterocycles. The van der Waals surface area contributed by atoms with Crippen LogP contribution in [0, 0.1) is 35.5 Å². The van der Waals surface area contributed by atoms with Crippen LogP contribution in [0.3, 0.4) is 0 Å². The van der Waals surface area contributed by atoms with Crippen LogP contribution < -0.4 is 0 Å². The fourth-order valence-electron chi connectivity index (χ4n) is 4.39. The SMILES string of the molecule is CCC(CC=CCC(CC)C(C)CC=C(C)C)CCCC(C)C(C)C(C)CC. The predicted molar refractivity (Wildman–Crippen MR) is 131 cm³/mol. The molecule has 0 radical (unpaired) electrons. The van der Waals surface area contributed by atoms with Gasteiger partial charge in [-0.05, 0) is 68.6 Å². The van der Waals surface area contributed by atoms with Gasteiger partial charge in [0, 0.05) is 0 Å². The number of hydrogen-bond acceptors (Lipinski definition) is 0. The lowest BCUT2D eigenvalue weighted by Gasteiger charge is -2.26. The summed E-state index contributed by atoms with van der Waals surface area (Å²) in [6.45, 7) is 21.3. The summed E-state index contributed by atoms with van der Waals surface area (Å²) in [5.41, 5.74) is 1.45. The largest absolute Gasteiger partial charge is 0.0883 e. The van der Waals surface area contributed by atoms with Crippen molar-refractivity contribution in [2.24, 2.45) is 35.5 Å². The summed E-state index contributed by atoms with van der Waals surface area (Å²) in [4.78, 5) is 0. The van der Waals surface area contributed by atoms with E-state index in [1.807, 2.05) is 0 Å². The van der Waals surface area contributed by atoms with E-state index in [0.29, 0.717) is 0 Å². The predicted octanol–water partition coefficient (Wildman–Crippen LogP) is 9.86. The van der Waals surface area contributed by atoms with E-state index >= 15 is 0 Å². The molecule has 28 heavy (non-hydrogen) atoms. The topological polar surface area (TPSA) is 0 Å². The zero-order valence-electron chi connectivity index (χ0n) is 21.1. The summed E-state index contributed by atoms with van der Waals surface area (Å²) in [7, 11) is 0. The third-order valence-electron chi connectivity index (χ3n) is 7.59. The van der Waals surface area contributed by atoms with E-state index in [1.165, 1.54) is 63.4 Å². The Kier molecular flexibility index (Phi) is 16.0.